The van der Waals surface area contributed by atoms with Crippen LogP contribution in [0.2, 0.25) is 24.2 Å². The molecular formula is C30H52INO4Si. The van der Waals surface area contributed by atoms with Gasteiger partial charge in [-0.05, 0) is 74.3 Å². The number of alkyl halides is 1. The van der Waals surface area contributed by atoms with Gasteiger partial charge in [0.05, 0.1) is 20.3 Å². The fourth-order valence-corrected chi connectivity index (χ4v) is 15.8. The first-order valence-corrected chi connectivity index (χ1v) is 19.9. The number of fused-ring (bicyclic) bond motifs is 2. The third kappa shape index (κ3) is 5.12. The second-order valence-corrected chi connectivity index (χ2v) is 20.7. The van der Waals surface area contributed by atoms with Crippen molar-refractivity contribution >= 4 is 36.6 Å². The van der Waals surface area contributed by atoms with E-state index in [9.17, 15) is 9.90 Å². The number of halogens is 1. The quantitative estimate of drug-likeness (QED) is 0.193. The molecule has 2 saturated heterocycles. The summed E-state index contributed by atoms with van der Waals surface area (Å²) in [4.78, 5) is 17.0. The SMILES string of the molecule is COC1CCC([Si](C)(C)[C@H]2[C@H](CCO)O[C@@]3(C(=O)N(CC4CCCCC4)C4CCC(I)CC43)[C@@H]2C)CC1. The highest BCUT2D eigenvalue weighted by molar-refractivity contribution is 14.1. The first kappa shape index (κ1) is 28.8. The molecule has 212 valence electrons. The molecule has 3 aliphatic carbocycles. The lowest BCUT2D eigenvalue weighted by Gasteiger charge is -2.45. The van der Waals surface area contributed by atoms with Gasteiger partial charge in [0, 0.05) is 36.1 Å². The smallest absolute Gasteiger partial charge is 0.255 e. The Kier molecular flexibility index (Phi) is 9.07. The third-order valence-corrected chi connectivity index (χ3v) is 18.2. The summed E-state index contributed by atoms with van der Waals surface area (Å²) >= 11 is 2.63. The van der Waals surface area contributed by atoms with Gasteiger partial charge in [0.15, 0.2) is 5.60 Å². The topological polar surface area (TPSA) is 59.0 Å². The maximum absolute atomic E-state index is 14.7. The van der Waals surface area contributed by atoms with Crippen LogP contribution >= 0.6 is 22.6 Å². The van der Waals surface area contributed by atoms with Gasteiger partial charge in [-0.3, -0.25) is 4.79 Å². The summed E-state index contributed by atoms with van der Waals surface area (Å²) < 4.78 is 13.5. The van der Waals surface area contributed by atoms with Gasteiger partial charge in [-0.1, -0.05) is 74.7 Å². The molecule has 3 unspecified atom stereocenters. The van der Waals surface area contributed by atoms with Crippen LogP contribution in [0, 0.1) is 17.8 Å². The molecule has 5 nitrogen and oxygen atoms in total. The largest absolute Gasteiger partial charge is 0.396 e. The molecule has 5 rings (SSSR count). The second kappa shape index (κ2) is 11.7. The van der Waals surface area contributed by atoms with Crippen molar-refractivity contribution in [2.45, 2.75) is 142 Å². The number of rotatable bonds is 7. The molecule has 1 N–H and O–H groups in total. The van der Waals surface area contributed by atoms with Crippen molar-refractivity contribution < 1.29 is 19.4 Å². The van der Waals surface area contributed by atoms with Crippen LogP contribution in [0.4, 0.5) is 0 Å². The molecule has 2 heterocycles. The summed E-state index contributed by atoms with van der Waals surface area (Å²) in [5.41, 5.74) is 0.472. The van der Waals surface area contributed by atoms with Crippen LogP contribution in [0.3, 0.4) is 0 Å². The minimum atomic E-state index is -1.80. The lowest BCUT2D eigenvalue weighted by molar-refractivity contribution is -0.156. The van der Waals surface area contributed by atoms with Crippen LogP contribution in [0.25, 0.3) is 0 Å². The van der Waals surface area contributed by atoms with Gasteiger partial charge in [-0.2, -0.15) is 0 Å². The highest BCUT2D eigenvalue weighted by Gasteiger charge is 2.71. The zero-order chi connectivity index (χ0) is 26.4. The molecule has 5 fully saturated rings. The van der Waals surface area contributed by atoms with Gasteiger partial charge < -0.3 is 19.5 Å². The summed E-state index contributed by atoms with van der Waals surface area (Å²) in [5.74, 6) is 1.51. The minimum Gasteiger partial charge on any atom is -0.396 e. The normalized spacial score (nSPS) is 43.5. The van der Waals surface area contributed by atoms with E-state index in [1.807, 2.05) is 7.11 Å². The summed E-state index contributed by atoms with van der Waals surface area (Å²) in [6.45, 7) is 8.64. The Morgan fingerprint density at radius 1 is 1.08 bits per heavy atom. The number of nitrogens with zero attached hydrogens (tertiary/aromatic N) is 1. The lowest BCUT2D eigenvalue weighted by Crippen LogP contribution is -2.51. The predicted octanol–water partition coefficient (Wildman–Crippen LogP) is 6.58. The first-order valence-electron chi connectivity index (χ1n) is 15.5. The average Bonchev–Trinajstić information content (AvgIpc) is 3.32. The van der Waals surface area contributed by atoms with Crippen molar-refractivity contribution in [1.29, 1.82) is 0 Å². The Morgan fingerprint density at radius 2 is 1.78 bits per heavy atom. The van der Waals surface area contributed by atoms with E-state index >= 15 is 0 Å². The van der Waals surface area contributed by atoms with E-state index in [0.29, 0.717) is 45.8 Å². The summed E-state index contributed by atoms with van der Waals surface area (Å²) in [6.07, 6.45) is 15.9. The molecule has 2 aliphatic heterocycles. The molecule has 37 heavy (non-hydrogen) atoms. The van der Waals surface area contributed by atoms with Crippen molar-refractivity contribution in [3.63, 3.8) is 0 Å². The van der Waals surface area contributed by atoms with Crippen LogP contribution in [-0.2, 0) is 14.3 Å². The molecule has 0 bridgehead atoms. The highest BCUT2D eigenvalue weighted by Crippen LogP contribution is 2.62. The van der Waals surface area contributed by atoms with E-state index < -0.39 is 13.7 Å². The van der Waals surface area contributed by atoms with Crippen LogP contribution < -0.4 is 0 Å². The summed E-state index contributed by atoms with van der Waals surface area (Å²) in [7, 11) is 0.0538. The molecule has 0 aromatic heterocycles. The standard InChI is InChI=1S/C30H52INO4Si/c1-20-28(37(3,4)24-13-11-23(35-2)12-14-24)27(16-17-33)36-30(20)25-18-22(31)10-15-26(25)32(29(30)34)19-21-8-6-5-7-9-21/h20-28,33H,5-19H2,1-4H3/t20-,22?,23?,24?,25?,26?,27+,28-,30+/m1/s1. The zero-order valence-electron chi connectivity index (χ0n) is 23.8. The Morgan fingerprint density at radius 3 is 2.43 bits per heavy atom. The van der Waals surface area contributed by atoms with E-state index in [1.54, 1.807) is 0 Å². The van der Waals surface area contributed by atoms with Crippen LogP contribution in [0.1, 0.15) is 90.4 Å². The number of amides is 1. The number of hydrogen-bond acceptors (Lipinski definition) is 4. The minimum absolute atomic E-state index is 0.00985. The molecule has 7 atom stereocenters. The number of carbonyl (C=O) groups is 1. The zero-order valence-corrected chi connectivity index (χ0v) is 27.0. The van der Waals surface area contributed by atoms with Gasteiger partial charge in [0.25, 0.3) is 5.91 Å². The van der Waals surface area contributed by atoms with Crippen molar-refractivity contribution in [3.05, 3.63) is 0 Å². The average molecular weight is 646 g/mol. The Balaban J connectivity index is 1.46. The summed E-state index contributed by atoms with van der Waals surface area (Å²) in [5, 5.41) is 10.1. The summed E-state index contributed by atoms with van der Waals surface area (Å²) in [6, 6.07) is 0.346. The van der Waals surface area contributed by atoms with E-state index in [1.165, 1.54) is 51.4 Å². The molecule has 1 amide bonds. The van der Waals surface area contributed by atoms with Gasteiger partial charge in [0.1, 0.15) is 0 Å². The Bertz CT molecular complexity index is 798. The third-order valence-electron chi connectivity index (χ3n) is 11.8. The van der Waals surface area contributed by atoms with Gasteiger partial charge in [-0.15, -0.1) is 0 Å². The second-order valence-electron chi connectivity index (χ2n) is 13.9. The number of ether oxygens (including phenoxy) is 2. The Labute approximate surface area is 240 Å². The predicted molar refractivity (Wildman–Crippen MR) is 160 cm³/mol. The lowest BCUT2D eigenvalue weighted by atomic mass is 9.71. The van der Waals surface area contributed by atoms with Gasteiger partial charge >= 0.3 is 0 Å². The number of carbonyl (C=O) groups excluding carboxylic acids is 1. The van der Waals surface area contributed by atoms with Crippen molar-refractivity contribution in [3.8, 4) is 0 Å². The number of methoxy groups -OCH3 is 1. The number of hydrogen-bond donors (Lipinski definition) is 1. The number of aliphatic hydroxyl groups excluding tert-OH is 1. The van der Waals surface area contributed by atoms with Crippen LogP contribution in [0.5, 0.6) is 0 Å². The fourth-order valence-electron chi connectivity index (χ4n) is 9.83. The van der Waals surface area contributed by atoms with Crippen LogP contribution in [0.15, 0.2) is 0 Å². The monoisotopic (exact) mass is 645 g/mol. The Hall–Kier alpha value is 0.297. The molecule has 7 heteroatoms. The molecule has 0 aromatic carbocycles. The van der Waals surface area contributed by atoms with E-state index in [0.717, 1.165) is 37.8 Å². The van der Waals surface area contributed by atoms with E-state index in [4.69, 9.17) is 9.47 Å². The molecule has 5 aliphatic rings. The van der Waals surface area contributed by atoms with Crippen molar-refractivity contribution in [1.82, 2.24) is 4.90 Å². The maximum atomic E-state index is 14.7. The number of likely N-dealkylation sites (tertiary alicyclic amines) is 1. The van der Waals surface area contributed by atoms with Crippen molar-refractivity contribution in [2.24, 2.45) is 17.8 Å². The molecule has 0 radical (unpaired) electrons. The highest BCUT2D eigenvalue weighted by atomic mass is 127. The van der Waals surface area contributed by atoms with E-state index in [-0.39, 0.29) is 18.6 Å². The van der Waals surface area contributed by atoms with Crippen LogP contribution in [-0.4, -0.2) is 72.0 Å². The molecular weight excluding hydrogens is 593 g/mol. The maximum Gasteiger partial charge on any atom is 0.255 e. The number of aliphatic hydroxyl groups is 1. The first-order chi connectivity index (χ1) is 17.7. The van der Waals surface area contributed by atoms with Crippen molar-refractivity contribution in [2.75, 3.05) is 20.3 Å². The van der Waals surface area contributed by atoms with Gasteiger partial charge in [-0.25, -0.2) is 0 Å². The fraction of sp³-hybridized carbons (Fsp3) is 0.967. The molecule has 1 spiro atoms. The van der Waals surface area contributed by atoms with E-state index in [2.05, 4.69) is 47.5 Å². The molecule has 3 saturated carbocycles. The van der Waals surface area contributed by atoms with Gasteiger partial charge in [0.2, 0.25) is 0 Å². The molecule has 0 aromatic rings.